The van der Waals surface area contributed by atoms with Crippen LogP contribution in [0, 0.1) is 0 Å². The molecule has 1 amide bonds. The highest BCUT2D eigenvalue weighted by Gasteiger charge is 2.45. The summed E-state index contributed by atoms with van der Waals surface area (Å²) >= 11 is 0. The molecule has 2 heterocycles. The Bertz CT molecular complexity index is 283. The zero-order valence-corrected chi connectivity index (χ0v) is 7.84. The molecular weight excluding hydrogens is 187 g/mol. The fraction of sp³-hybridized carbons (Fsp3) is 0.714. The van der Waals surface area contributed by atoms with E-state index in [0.717, 1.165) is 0 Å². The summed E-state index contributed by atoms with van der Waals surface area (Å²) in [6.45, 7) is 2.98. The average molecular weight is 198 g/mol. The molecule has 76 valence electrons. The number of nitrogens with zero attached hydrogens (tertiary/aromatic N) is 2. The van der Waals surface area contributed by atoms with Crippen LogP contribution < -0.4 is 0 Å². The maximum atomic E-state index is 11.2. The molecule has 0 saturated carbocycles. The van der Waals surface area contributed by atoms with Crippen molar-refractivity contribution >= 4 is 19.1 Å². The molecule has 6 nitrogen and oxygen atoms in total. The van der Waals surface area contributed by atoms with Crippen LogP contribution in [0.15, 0.2) is 0 Å². The number of ether oxygens (including phenoxy) is 1. The van der Waals surface area contributed by atoms with Gasteiger partial charge in [0.2, 0.25) is 0 Å². The van der Waals surface area contributed by atoms with Crippen molar-refractivity contribution in [2.45, 2.75) is 12.9 Å². The monoisotopic (exact) mass is 198 g/mol. The highest BCUT2D eigenvalue weighted by Crippen LogP contribution is 2.19. The van der Waals surface area contributed by atoms with Crippen LogP contribution in [0.4, 0.5) is 4.79 Å². The molecule has 2 saturated heterocycles. The van der Waals surface area contributed by atoms with Gasteiger partial charge in [0, 0.05) is 19.6 Å². The summed E-state index contributed by atoms with van der Waals surface area (Å²) in [7, 11) is -0.597. The van der Waals surface area contributed by atoms with Crippen molar-refractivity contribution in [3.8, 4) is 0 Å². The van der Waals surface area contributed by atoms with E-state index < -0.39 is 25.2 Å². The first-order valence-corrected chi connectivity index (χ1v) is 4.54. The van der Waals surface area contributed by atoms with Crippen LogP contribution in [0.2, 0.25) is 6.82 Å². The summed E-state index contributed by atoms with van der Waals surface area (Å²) < 4.78 is 4.48. The van der Waals surface area contributed by atoms with Gasteiger partial charge >= 0.3 is 19.1 Å². The SMILES string of the molecule is CB(O)N1CCN2C(=O)OC(=O)[C@H]2C1. The van der Waals surface area contributed by atoms with Gasteiger partial charge in [-0.25, -0.2) is 9.59 Å². The molecule has 1 atom stereocenters. The Morgan fingerprint density at radius 1 is 1.50 bits per heavy atom. The van der Waals surface area contributed by atoms with Crippen LogP contribution in [0.5, 0.6) is 0 Å². The Balaban J connectivity index is 2.09. The third-order valence-corrected chi connectivity index (χ3v) is 2.63. The standard InChI is InChI=1S/C7H11BN2O4/c1-8(13)9-2-3-10-5(4-9)6(11)14-7(10)12/h5,13H,2-4H2,1H3/t5-/m1/s1. The van der Waals surface area contributed by atoms with E-state index in [-0.39, 0.29) is 0 Å². The van der Waals surface area contributed by atoms with E-state index >= 15 is 0 Å². The minimum atomic E-state index is -0.597. The number of fused-ring (bicyclic) bond motifs is 1. The van der Waals surface area contributed by atoms with Crippen LogP contribution in [-0.4, -0.2) is 59.5 Å². The molecule has 0 spiro atoms. The predicted octanol–water partition coefficient (Wildman–Crippen LogP) is -1.24. The quantitative estimate of drug-likeness (QED) is 0.324. The van der Waals surface area contributed by atoms with Crippen molar-refractivity contribution < 1.29 is 19.3 Å². The molecule has 1 N–H and O–H groups in total. The molecule has 0 radical (unpaired) electrons. The van der Waals surface area contributed by atoms with Crippen molar-refractivity contribution in [2.75, 3.05) is 19.6 Å². The van der Waals surface area contributed by atoms with E-state index in [9.17, 15) is 14.6 Å². The van der Waals surface area contributed by atoms with Gasteiger partial charge in [0.1, 0.15) is 6.04 Å². The third kappa shape index (κ3) is 1.38. The molecule has 0 aromatic heterocycles. The Morgan fingerprint density at radius 3 is 2.86 bits per heavy atom. The normalized spacial score (nSPS) is 27.6. The maximum absolute atomic E-state index is 11.2. The lowest BCUT2D eigenvalue weighted by atomic mass is 9.83. The number of carbonyl (C=O) groups excluding carboxylic acids is 2. The number of amides is 1. The Kier molecular flexibility index (Phi) is 2.20. The molecule has 14 heavy (non-hydrogen) atoms. The smallest absolute Gasteiger partial charge is 0.418 e. The molecule has 2 rings (SSSR count). The number of rotatable bonds is 1. The zero-order chi connectivity index (χ0) is 10.3. The van der Waals surface area contributed by atoms with E-state index in [4.69, 9.17) is 0 Å². The second-order valence-electron chi connectivity index (χ2n) is 3.52. The molecule has 0 aromatic rings. The predicted molar refractivity (Wildman–Crippen MR) is 47.4 cm³/mol. The van der Waals surface area contributed by atoms with Crippen molar-refractivity contribution in [1.82, 2.24) is 9.71 Å². The lowest BCUT2D eigenvalue weighted by Crippen LogP contribution is -2.56. The molecule has 0 bridgehead atoms. The summed E-state index contributed by atoms with van der Waals surface area (Å²) in [6, 6.07) is -0.536. The minimum absolute atomic E-state index is 0.349. The van der Waals surface area contributed by atoms with Crippen LogP contribution >= 0.6 is 0 Å². The lowest BCUT2D eigenvalue weighted by molar-refractivity contribution is -0.136. The van der Waals surface area contributed by atoms with Gasteiger partial charge in [0.15, 0.2) is 0 Å². The number of hydrogen-bond acceptors (Lipinski definition) is 5. The van der Waals surface area contributed by atoms with Gasteiger partial charge in [-0.15, -0.1) is 0 Å². The van der Waals surface area contributed by atoms with Gasteiger partial charge in [-0.2, -0.15) is 0 Å². The summed E-state index contributed by atoms with van der Waals surface area (Å²) in [6.07, 6.45) is -0.565. The number of carbonyl (C=O) groups is 2. The molecular formula is C7H11BN2O4. The van der Waals surface area contributed by atoms with Crippen molar-refractivity contribution in [3.05, 3.63) is 0 Å². The van der Waals surface area contributed by atoms with E-state index in [1.807, 2.05) is 0 Å². The summed E-state index contributed by atoms with van der Waals surface area (Å²) in [5.41, 5.74) is 0. The highest BCUT2D eigenvalue weighted by atomic mass is 16.6. The van der Waals surface area contributed by atoms with Crippen LogP contribution in [-0.2, 0) is 9.53 Å². The van der Waals surface area contributed by atoms with Gasteiger partial charge in [-0.3, -0.25) is 4.90 Å². The average Bonchev–Trinajstić information content (AvgIpc) is 2.42. The third-order valence-electron chi connectivity index (χ3n) is 2.63. The van der Waals surface area contributed by atoms with Gasteiger partial charge in [0.25, 0.3) is 0 Å². The Hall–Kier alpha value is -1.08. The number of piperazine rings is 1. The van der Waals surface area contributed by atoms with Gasteiger partial charge < -0.3 is 14.6 Å². The maximum Gasteiger partial charge on any atom is 0.418 e. The molecule has 7 heteroatoms. The zero-order valence-electron chi connectivity index (χ0n) is 7.84. The first-order valence-electron chi connectivity index (χ1n) is 4.54. The molecule has 0 aliphatic carbocycles. The second kappa shape index (κ2) is 3.25. The van der Waals surface area contributed by atoms with Gasteiger partial charge in [0.05, 0.1) is 0 Å². The van der Waals surface area contributed by atoms with Crippen molar-refractivity contribution in [2.24, 2.45) is 0 Å². The summed E-state index contributed by atoms with van der Waals surface area (Å²) in [5.74, 6) is -0.514. The van der Waals surface area contributed by atoms with Crippen LogP contribution in [0.3, 0.4) is 0 Å². The van der Waals surface area contributed by atoms with E-state index in [0.29, 0.717) is 19.6 Å². The first-order chi connectivity index (χ1) is 6.59. The number of cyclic esters (lactones) is 2. The largest absolute Gasteiger partial charge is 0.437 e. The Morgan fingerprint density at radius 2 is 2.21 bits per heavy atom. The van der Waals surface area contributed by atoms with Gasteiger partial charge in [-0.1, -0.05) is 0 Å². The molecule has 2 fully saturated rings. The first kappa shape index (κ1) is 9.48. The Labute approximate surface area is 81.5 Å². The summed E-state index contributed by atoms with van der Waals surface area (Å²) in [5, 5.41) is 9.32. The number of esters is 1. The fourth-order valence-electron chi connectivity index (χ4n) is 1.78. The number of hydrogen-bond donors (Lipinski definition) is 1. The van der Waals surface area contributed by atoms with Crippen LogP contribution in [0.25, 0.3) is 0 Å². The molecule has 0 unspecified atom stereocenters. The molecule has 0 aromatic carbocycles. The second-order valence-corrected chi connectivity index (χ2v) is 3.52. The van der Waals surface area contributed by atoms with Crippen molar-refractivity contribution in [3.63, 3.8) is 0 Å². The van der Waals surface area contributed by atoms with E-state index in [1.54, 1.807) is 11.6 Å². The summed E-state index contributed by atoms with van der Waals surface area (Å²) in [4.78, 5) is 25.4. The minimum Gasteiger partial charge on any atom is -0.437 e. The fourth-order valence-corrected chi connectivity index (χ4v) is 1.78. The van der Waals surface area contributed by atoms with Crippen molar-refractivity contribution in [1.29, 1.82) is 0 Å². The highest BCUT2D eigenvalue weighted by molar-refractivity contribution is 6.45. The molecule has 2 aliphatic rings. The van der Waals surface area contributed by atoms with E-state index in [1.165, 1.54) is 4.90 Å². The molecule has 2 aliphatic heterocycles. The van der Waals surface area contributed by atoms with Gasteiger partial charge in [-0.05, 0) is 6.82 Å². The lowest BCUT2D eigenvalue weighted by Gasteiger charge is -2.34. The van der Waals surface area contributed by atoms with Crippen LogP contribution in [0.1, 0.15) is 0 Å². The van der Waals surface area contributed by atoms with E-state index in [2.05, 4.69) is 4.74 Å². The topological polar surface area (TPSA) is 70.1 Å².